The van der Waals surface area contributed by atoms with Gasteiger partial charge in [0.1, 0.15) is 0 Å². The first-order valence-electron chi connectivity index (χ1n) is 7.51. The van der Waals surface area contributed by atoms with E-state index in [1.165, 1.54) is 19.0 Å². The van der Waals surface area contributed by atoms with E-state index in [4.69, 9.17) is 0 Å². The van der Waals surface area contributed by atoms with Gasteiger partial charge in [0, 0.05) is 44.0 Å². The van der Waals surface area contributed by atoms with Crippen LogP contribution in [0.3, 0.4) is 0 Å². The Kier molecular flexibility index (Phi) is 5.49. The highest BCUT2D eigenvalue weighted by Crippen LogP contribution is 2.38. The second-order valence-electron chi connectivity index (χ2n) is 5.59. The number of benzene rings is 2. The molecule has 0 fully saturated rings. The fourth-order valence-corrected chi connectivity index (χ4v) is 2.46. The third-order valence-electron chi connectivity index (χ3n) is 3.77. The molecule has 2 rings (SSSR count). The number of anilines is 1. The zero-order valence-electron chi connectivity index (χ0n) is 14.0. The number of alkyl halides is 3. The zero-order valence-corrected chi connectivity index (χ0v) is 14.0. The number of non-ortho nitro benzene ring substituents is 1. The topological polar surface area (TPSA) is 75.5 Å². The van der Waals surface area contributed by atoms with Gasteiger partial charge < -0.3 is 10.2 Å². The summed E-state index contributed by atoms with van der Waals surface area (Å²) in [4.78, 5) is 22.7. The van der Waals surface area contributed by atoms with Gasteiger partial charge in [0.05, 0.1) is 10.5 Å². The van der Waals surface area contributed by atoms with Gasteiger partial charge in [-0.1, -0.05) is 12.1 Å². The van der Waals surface area contributed by atoms with Crippen LogP contribution in [0.1, 0.15) is 21.5 Å². The first-order chi connectivity index (χ1) is 12.1. The minimum absolute atomic E-state index is 0.134. The molecule has 138 valence electrons. The average molecular weight is 367 g/mol. The summed E-state index contributed by atoms with van der Waals surface area (Å²) in [5, 5.41) is 13.2. The SMILES string of the molecule is CNC(=O)c1ccc(CN(C)c2ccc([N+](=O)[O-])cc2C(F)(F)F)cc1. The number of nitro benzene ring substituents is 1. The van der Waals surface area contributed by atoms with Crippen molar-refractivity contribution in [1.82, 2.24) is 5.32 Å². The minimum Gasteiger partial charge on any atom is -0.370 e. The minimum atomic E-state index is -4.72. The fraction of sp³-hybridized carbons (Fsp3) is 0.235. The molecule has 2 aromatic rings. The molecule has 2 aromatic carbocycles. The molecule has 0 aliphatic rings. The summed E-state index contributed by atoms with van der Waals surface area (Å²) >= 11 is 0. The van der Waals surface area contributed by atoms with Gasteiger partial charge in [0.2, 0.25) is 0 Å². The molecule has 0 aliphatic heterocycles. The van der Waals surface area contributed by atoms with Crippen molar-refractivity contribution in [2.45, 2.75) is 12.7 Å². The van der Waals surface area contributed by atoms with Gasteiger partial charge in [-0.15, -0.1) is 0 Å². The Morgan fingerprint density at radius 1 is 1.19 bits per heavy atom. The lowest BCUT2D eigenvalue weighted by Crippen LogP contribution is -2.21. The van der Waals surface area contributed by atoms with Crippen molar-refractivity contribution < 1.29 is 22.9 Å². The highest BCUT2D eigenvalue weighted by molar-refractivity contribution is 5.93. The number of amides is 1. The summed E-state index contributed by atoms with van der Waals surface area (Å²) in [6.07, 6.45) is -4.72. The molecule has 1 amide bonds. The lowest BCUT2D eigenvalue weighted by molar-refractivity contribution is -0.385. The van der Waals surface area contributed by atoms with Crippen molar-refractivity contribution in [2.24, 2.45) is 0 Å². The number of carbonyl (C=O) groups excluding carboxylic acids is 1. The van der Waals surface area contributed by atoms with Crippen molar-refractivity contribution in [3.8, 4) is 0 Å². The Morgan fingerprint density at radius 3 is 2.31 bits per heavy atom. The Labute approximate surface area is 147 Å². The Bertz CT molecular complexity index is 820. The summed E-state index contributed by atoms with van der Waals surface area (Å²) in [5.74, 6) is -0.264. The lowest BCUT2D eigenvalue weighted by Gasteiger charge is -2.23. The first-order valence-corrected chi connectivity index (χ1v) is 7.51. The molecule has 9 heteroatoms. The summed E-state index contributed by atoms with van der Waals surface area (Å²) in [6.45, 7) is 0.134. The van der Waals surface area contributed by atoms with Crippen LogP contribution in [0.2, 0.25) is 0 Å². The second-order valence-corrected chi connectivity index (χ2v) is 5.59. The van der Waals surface area contributed by atoms with E-state index in [0.717, 1.165) is 12.1 Å². The number of halogens is 3. The van der Waals surface area contributed by atoms with Crippen LogP contribution in [0.15, 0.2) is 42.5 Å². The van der Waals surface area contributed by atoms with Crippen LogP contribution in [0.4, 0.5) is 24.5 Å². The van der Waals surface area contributed by atoms with Crippen LogP contribution < -0.4 is 10.2 Å². The number of nitrogens with zero attached hydrogens (tertiary/aromatic N) is 2. The molecule has 26 heavy (non-hydrogen) atoms. The number of nitrogens with one attached hydrogen (secondary N) is 1. The molecule has 0 atom stereocenters. The largest absolute Gasteiger partial charge is 0.418 e. The Morgan fingerprint density at radius 2 is 1.81 bits per heavy atom. The standard InChI is InChI=1S/C17H16F3N3O3/c1-21-16(24)12-5-3-11(4-6-12)10-22(2)15-8-7-13(23(25)26)9-14(15)17(18,19)20/h3-9H,10H2,1-2H3,(H,21,24). The van der Waals surface area contributed by atoms with Crippen molar-refractivity contribution in [2.75, 3.05) is 19.0 Å². The van der Waals surface area contributed by atoms with E-state index < -0.39 is 22.4 Å². The van der Waals surface area contributed by atoms with E-state index >= 15 is 0 Å². The fourth-order valence-electron chi connectivity index (χ4n) is 2.46. The molecular weight excluding hydrogens is 351 g/mol. The maximum atomic E-state index is 13.3. The Balaban J connectivity index is 2.30. The second kappa shape index (κ2) is 7.42. The van der Waals surface area contributed by atoms with E-state index in [-0.39, 0.29) is 18.1 Å². The molecule has 0 saturated carbocycles. The molecule has 0 heterocycles. The number of hydrogen-bond acceptors (Lipinski definition) is 4. The van der Waals surface area contributed by atoms with Crippen LogP contribution in [0.5, 0.6) is 0 Å². The zero-order chi connectivity index (χ0) is 19.5. The number of rotatable bonds is 5. The molecule has 0 unspecified atom stereocenters. The van der Waals surface area contributed by atoms with Crippen molar-refractivity contribution >= 4 is 17.3 Å². The highest BCUT2D eigenvalue weighted by atomic mass is 19.4. The first kappa shape index (κ1) is 19.2. The van der Waals surface area contributed by atoms with Crippen molar-refractivity contribution in [3.63, 3.8) is 0 Å². The van der Waals surface area contributed by atoms with E-state index in [1.807, 2.05) is 0 Å². The van der Waals surface area contributed by atoms with E-state index in [0.29, 0.717) is 17.2 Å². The molecule has 0 aliphatic carbocycles. The predicted molar refractivity (Wildman–Crippen MR) is 90.0 cm³/mol. The molecular formula is C17H16F3N3O3. The molecule has 0 aromatic heterocycles. The summed E-state index contributed by atoms with van der Waals surface area (Å²) < 4.78 is 39.8. The molecule has 0 bridgehead atoms. The molecule has 1 N–H and O–H groups in total. The molecule has 0 spiro atoms. The maximum Gasteiger partial charge on any atom is 0.418 e. The Hall–Kier alpha value is -3.10. The normalized spacial score (nSPS) is 11.1. The van der Waals surface area contributed by atoms with Gasteiger partial charge in [-0.2, -0.15) is 13.2 Å². The summed E-state index contributed by atoms with van der Waals surface area (Å²) in [5.41, 5.74) is -0.740. The van der Waals surface area contributed by atoms with Gasteiger partial charge in [-0.05, 0) is 23.8 Å². The highest BCUT2D eigenvalue weighted by Gasteiger charge is 2.36. The smallest absolute Gasteiger partial charge is 0.370 e. The van der Waals surface area contributed by atoms with E-state index in [2.05, 4.69) is 5.32 Å². The van der Waals surface area contributed by atoms with Crippen LogP contribution in [-0.4, -0.2) is 24.9 Å². The monoisotopic (exact) mass is 367 g/mol. The van der Waals surface area contributed by atoms with Crippen LogP contribution >= 0.6 is 0 Å². The third kappa shape index (κ3) is 4.29. The third-order valence-corrected chi connectivity index (χ3v) is 3.77. The van der Waals surface area contributed by atoms with Gasteiger partial charge in [0.15, 0.2) is 0 Å². The van der Waals surface area contributed by atoms with Crippen molar-refractivity contribution in [1.29, 1.82) is 0 Å². The quantitative estimate of drug-likeness (QED) is 0.647. The molecule has 0 radical (unpaired) electrons. The maximum absolute atomic E-state index is 13.3. The van der Waals surface area contributed by atoms with Crippen LogP contribution in [-0.2, 0) is 12.7 Å². The number of carbonyl (C=O) groups is 1. The molecule has 0 saturated heterocycles. The van der Waals surface area contributed by atoms with E-state index in [9.17, 15) is 28.1 Å². The predicted octanol–water partition coefficient (Wildman–Crippen LogP) is 3.61. The van der Waals surface area contributed by atoms with Gasteiger partial charge in [0.25, 0.3) is 11.6 Å². The number of nitro groups is 1. The van der Waals surface area contributed by atoms with Crippen molar-refractivity contribution in [3.05, 3.63) is 69.3 Å². The van der Waals surface area contributed by atoms with Crippen LogP contribution in [0, 0.1) is 10.1 Å². The van der Waals surface area contributed by atoms with Crippen LogP contribution in [0.25, 0.3) is 0 Å². The molecule has 6 nitrogen and oxygen atoms in total. The average Bonchev–Trinajstić information content (AvgIpc) is 2.60. The van der Waals surface area contributed by atoms with E-state index in [1.54, 1.807) is 24.3 Å². The number of hydrogen-bond donors (Lipinski definition) is 1. The summed E-state index contributed by atoms with van der Waals surface area (Å²) in [7, 11) is 2.96. The van der Waals surface area contributed by atoms with Gasteiger partial charge in [-0.3, -0.25) is 14.9 Å². The lowest BCUT2D eigenvalue weighted by atomic mass is 10.1. The van der Waals surface area contributed by atoms with Gasteiger partial charge >= 0.3 is 6.18 Å². The summed E-state index contributed by atoms with van der Waals surface area (Å²) in [6, 6.07) is 9.07. The van der Waals surface area contributed by atoms with Gasteiger partial charge in [-0.25, -0.2) is 0 Å².